The van der Waals surface area contributed by atoms with Gasteiger partial charge in [-0.2, -0.15) is 0 Å². The van der Waals surface area contributed by atoms with Gasteiger partial charge in [0, 0.05) is 0 Å². The molecule has 0 rings (SSSR count). The van der Waals surface area contributed by atoms with Crippen LogP contribution in [-0.4, -0.2) is 0 Å². The lowest BCUT2D eigenvalue weighted by atomic mass is 9.63. The van der Waals surface area contributed by atoms with Crippen LogP contribution in [0.25, 0.3) is 0 Å². The van der Waals surface area contributed by atoms with E-state index < -0.39 is 0 Å². The first-order chi connectivity index (χ1) is 11.9. The maximum Gasteiger partial charge on any atom is -0.0358 e. The van der Waals surface area contributed by atoms with Crippen LogP contribution in [0.15, 0.2) is 0 Å². The first-order valence-corrected chi connectivity index (χ1v) is 11.9. The number of hydrogen-bond acceptors (Lipinski definition) is 0. The molecule has 0 aromatic carbocycles. The van der Waals surface area contributed by atoms with Gasteiger partial charge >= 0.3 is 0 Å². The molecule has 0 heteroatoms. The molecule has 0 radical (unpaired) electrons. The van der Waals surface area contributed by atoms with Crippen LogP contribution in [0.3, 0.4) is 0 Å². The molecular formula is C26H54. The summed E-state index contributed by atoms with van der Waals surface area (Å²) in [5.74, 6) is 8.87. The molecule has 26 heavy (non-hydrogen) atoms. The van der Waals surface area contributed by atoms with E-state index in [2.05, 4.69) is 90.0 Å². The minimum absolute atomic E-state index is 0.784. The Morgan fingerprint density at radius 1 is 0.385 bits per heavy atom. The highest BCUT2D eigenvalue weighted by atomic mass is 14.4. The summed E-state index contributed by atoms with van der Waals surface area (Å²) in [5.41, 5.74) is 0. The van der Waals surface area contributed by atoms with Crippen LogP contribution in [0.2, 0.25) is 0 Å². The Balaban J connectivity index is 5.16. The van der Waals surface area contributed by atoms with Crippen molar-refractivity contribution in [3.05, 3.63) is 0 Å². The van der Waals surface area contributed by atoms with Crippen molar-refractivity contribution in [2.75, 3.05) is 0 Å². The molecule has 0 fully saturated rings. The fourth-order valence-corrected chi connectivity index (χ4v) is 5.22. The highest BCUT2D eigenvalue weighted by Gasteiger charge is 2.35. The monoisotopic (exact) mass is 366 g/mol. The molecule has 0 aliphatic carbocycles. The number of hydrogen-bond donors (Lipinski definition) is 0. The van der Waals surface area contributed by atoms with Crippen molar-refractivity contribution in [2.45, 2.75) is 103 Å². The van der Waals surface area contributed by atoms with Gasteiger partial charge in [-0.3, -0.25) is 0 Å². The van der Waals surface area contributed by atoms with Gasteiger partial charge in [0.15, 0.2) is 0 Å². The predicted octanol–water partition coefficient (Wildman–Crippen LogP) is 8.80. The summed E-state index contributed by atoms with van der Waals surface area (Å²) in [6.07, 6.45) is 2.71. The van der Waals surface area contributed by atoms with Crippen LogP contribution in [0.4, 0.5) is 0 Å². The molecule has 0 heterocycles. The molecule has 0 bridgehead atoms. The summed E-state index contributed by atoms with van der Waals surface area (Å²) in [5, 5.41) is 0. The van der Waals surface area contributed by atoms with E-state index in [9.17, 15) is 0 Å². The van der Waals surface area contributed by atoms with Gasteiger partial charge in [-0.25, -0.2) is 0 Å². The average molecular weight is 367 g/mol. The average Bonchev–Trinajstić information content (AvgIpc) is 2.60. The largest absolute Gasteiger partial charge is 0.0654 e. The lowest BCUT2D eigenvalue weighted by Gasteiger charge is -2.42. The number of rotatable bonds is 12. The van der Waals surface area contributed by atoms with Gasteiger partial charge in [-0.15, -0.1) is 0 Å². The molecule has 0 aliphatic heterocycles. The topological polar surface area (TPSA) is 0 Å². The first kappa shape index (κ1) is 26.0. The fourth-order valence-electron chi connectivity index (χ4n) is 5.22. The van der Waals surface area contributed by atoms with E-state index in [1.807, 2.05) is 0 Å². The Labute approximate surface area is 168 Å². The summed E-state index contributed by atoms with van der Waals surface area (Å²) in [4.78, 5) is 0. The van der Waals surface area contributed by atoms with Crippen molar-refractivity contribution in [1.82, 2.24) is 0 Å². The van der Waals surface area contributed by atoms with Crippen LogP contribution in [0.5, 0.6) is 0 Å². The molecule has 9 atom stereocenters. The lowest BCUT2D eigenvalue weighted by molar-refractivity contribution is 0.0685. The van der Waals surface area contributed by atoms with E-state index in [0.29, 0.717) is 0 Å². The third-order valence-electron chi connectivity index (χ3n) is 9.05. The second-order valence-corrected chi connectivity index (χ2v) is 10.8. The molecule has 0 aromatic rings. The predicted molar refractivity (Wildman–Crippen MR) is 121 cm³/mol. The molecule has 0 aliphatic rings. The van der Waals surface area contributed by atoms with Crippen molar-refractivity contribution < 1.29 is 0 Å². The smallest absolute Gasteiger partial charge is 0.0358 e. The van der Waals surface area contributed by atoms with Gasteiger partial charge in [0.05, 0.1) is 0 Å². The van der Waals surface area contributed by atoms with Gasteiger partial charge in [-0.1, -0.05) is 103 Å². The molecule has 9 unspecified atom stereocenters. The Morgan fingerprint density at radius 2 is 0.692 bits per heavy atom. The lowest BCUT2D eigenvalue weighted by Crippen LogP contribution is -2.35. The van der Waals surface area contributed by atoms with Crippen LogP contribution in [0.1, 0.15) is 103 Å². The van der Waals surface area contributed by atoms with Crippen molar-refractivity contribution in [1.29, 1.82) is 0 Å². The molecule has 0 saturated carbocycles. The Morgan fingerprint density at radius 3 is 1.00 bits per heavy atom. The molecule has 0 nitrogen and oxygen atoms in total. The third kappa shape index (κ3) is 6.87. The molecule has 0 amide bonds. The van der Waals surface area contributed by atoms with E-state index in [-0.39, 0.29) is 0 Å². The summed E-state index contributed by atoms with van der Waals surface area (Å²) in [7, 11) is 0. The minimum atomic E-state index is 0.784. The Hall–Kier alpha value is 0. The zero-order valence-electron chi connectivity index (χ0n) is 20.8. The molecule has 158 valence electrons. The normalized spacial score (nSPS) is 23.2. The molecule has 0 spiro atoms. The van der Waals surface area contributed by atoms with E-state index in [1.54, 1.807) is 0 Å². The third-order valence-corrected chi connectivity index (χ3v) is 9.05. The summed E-state index contributed by atoms with van der Waals surface area (Å²) in [6.45, 7) is 32.1. The van der Waals surface area contributed by atoms with Gasteiger partial charge in [0.1, 0.15) is 0 Å². The highest BCUT2D eigenvalue weighted by Crippen LogP contribution is 2.42. The summed E-state index contributed by atoms with van der Waals surface area (Å²) >= 11 is 0. The SMILES string of the molecule is CCCC(C(C)C(C)C)C(C)C(C)C(C)C(C)C(C)C(C)C(C)C(C)C. The van der Waals surface area contributed by atoms with Crippen molar-refractivity contribution >= 4 is 0 Å². The summed E-state index contributed by atoms with van der Waals surface area (Å²) in [6, 6.07) is 0. The van der Waals surface area contributed by atoms with Crippen LogP contribution >= 0.6 is 0 Å². The van der Waals surface area contributed by atoms with Crippen LogP contribution in [-0.2, 0) is 0 Å². The van der Waals surface area contributed by atoms with E-state index in [1.165, 1.54) is 12.8 Å². The van der Waals surface area contributed by atoms with Gasteiger partial charge in [0.25, 0.3) is 0 Å². The standard InChI is InChI=1S/C26H54/c1-14-15-26(19(7)17(4)5)25(13)24(12)23(11)22(10)21(9)20(8)18(6)16(2)3/h16-26H,14-15H2,1-13H3. The molecule has 0 aromatic heterocycles. The van der Waals surface area contributed by atoms with E-state index in [0.717, 1.165) is 65.1 Å². The van der Waals surface area contributed by atoms with Crippen LogP contribution in [0, 0.1) is 65.1 Å². The quantitative estimate of drug-likeness (QED) is 0.323. The van der Waals surface area contributed by atoms with Gasteiger partial charge in [0.2, 0.25) is 0 Å². The van der Waals surface area contributed by atoms with Gasteiger partial charge < -0.3 is 0 Å². The summed E-state index contributed by atoms with van der Waals surface area (Å²) < 4.78 is 0. The zero-order chi connectivity index (χ0) is 20.8. The Bertz CT molecular complexity index is 355. The highest BCUT2D eigenvalue weighted by molar-refractivity contribution is 4.84. The maximum atomic E-state index is 2.55. The molecule has 0 N–H and O–H groups in total. The molecule has 0 saturated heterocycles. The molecular weight excluding hydrogens is 312 g/mol. The Kier molecular flexibility index (Phi) is 11.8. The fraction of sp³-hybridized carbons (Fsp3) is 1.00. The minimum Gasteiger partial charge on any atom is -0.0654 e. The van der Waals surface area contributed by atoms with E-state index in [4.69, 9.17) is 0 Å². The second-order valence-electron chi connectivity index (χ2n) is 10.8. The van der Waals surface area contributed by atoms with Crippen LogP contribution < -0.4 is 0 Å². The maximum absolute atomic E-state index is 2.55. The van der Waals surface area contributed by atoms with Crippen molar-refractivity contribution in [3.63, 3.8) is 0 Å². The van der Waals surface area contributed by atoms with Gasteiger partial charge in [-0.05, 0) is 65.1 Å². The zero-order valence-corrected chi connectivity index (χ0v) is 20.8. The van der Waals surface area contributed by atoms with Crippen molar-refractivity contribution in [2.24, 2.45) is 65.1 Å². The van der Waals surface area contributed by atoms with Crippen molar-refractivity contribution in [3.8, 4) is 0 Å². The van der Waals surface area contributed by atoms with E-state index >= 15 is 0 Å². The first-order valence-electron chi connectivity index (χ1n) is 11.9. The second kappa shape index (κ2) is 11.8.